The van der Waals surface area contributed by atoms with E-state index in [0.29, 0.717) is 48.3 Å². The van der Waals surface area contributed by atoms with Gasteiger partial charge in [0.2, 0.25) is 5.88 Å². The third kappa shape index (κ3) is 4.59. The highest BCUT2D eigenvalue weighted by molar-refractivity contribution is 5.95. The van der Waals surface area contributed by atoms with E-state index in [0.717, 1.165) is 5.82 Å². The fraction of sp³-hybridized carbons (Fsp3) is 0.292. The summed E-state index contributed by atoms with van der Waals surface area (Å²) < 4.78 is 16.5. The summed E-state index contributed by atoms with van der Waals surface area (Å²) in [5.74, 6) is 3.07. The van der Waals surface area contributed by atoms with Crippen molar-refractivity contribution in [1.82, 2.24) is 14.9 Å². The first-order valence-corrected chi connectivity index (χ1v) is 10.4. The van der Waals surface area contributed by atoms with Gasteiger partial charge in [-0.25, -0.2) is 9.97 Å². The third-order valence-electron chi connectivity index (χ3n) is 5.44. The van der Waals surface area contributed by atoms with Crippen molar-refractivity contribution in [2.24, 2.45) is 0 Å². The molecule has 166 valence electrons. The Morgan fingerprint density at radius 3 is 2.53 bits per heavy atom. The van der Waals surface area contributed by atoms with Crippen LogP contribution in [0.5, 0.6) is 23.1 Å². The minimum atomic E-state index is -0.000988. The smallest absolute Gasteiger partial charge is 0.254 e. The molecule has 1 aliphatic rings. The quantitative estimate of drug-likeness (QED) is 0.586. The molecular weight excluding hydrogens is 408 g/mol. The number of anilines is 1. The molecule has 0 N–H and O–H groups in total. The van der Waals surface area contributed by atoms with Crippen LogP contribution < -0.4 is 19.1 Å². The van der Waals surface area contributed by atoms with E-state index in [1.165, 1.54) is 6.33 Å². The highest BCUT2D eigenvalue weighted by Gasteiger charge is 2.29. The van der Waals surface area contributed by atoms with E-state index in [-0.39, 0.29) is 11.9 Å². The van der Waals surface area contributed by atoms with Crippen molar-refractivity contribution < 1.29 is 19.0 Å². The molecule has 0 aliphatic carbocycles. The lowest BCUT2D eigenvalue weighted by atomic mass is 10.1. The number of piperazine rings is 1. The van der Waals surface area contributed by atoms with E-state index in [9.17, 15) is 4.79 Å². The minimum Gasteiger partial charge on any atom is -0.497 e. The second-order valence-corrected chi connectivity index (χ2v) is 7.49. The molecule has 8 heteroatoms. The molecule has 32 heavy (non-hydrogen) atoms. The SMILES string of the molecule is COc1cccc(C(=O)N2CCN(c3cc(Oc4ccccc4OC)ncn3)CC2C)c1. The molecule has 1 unspecified atom stereocenters. The van der Waals surface area contributed by atoms with E-state index < -0.39 is 0 Å². The predicted molar refractivity (Wildman–Crippen MR) is 121 cm³/mol. The Kier molecular flexibility index (Phi) is 6.39. The van der Waals surface area contributed by atoms with Crippen LogP contribution in [0.4, 0.5) is 5.82 Å². The number of aromatic nitrogens is 2. The maximum atomic E-state index is 13.0. The topological polar surface area (TPSA) is 77.0 Å². The van der Waals surface area contributed by atoms with Crippen LogP contribution in [-0.2, 0) is 0 Å². The van der Waals surface area contributed by atoms with E-state index in [1.807, 2.05) is 54.3 Å². The first-order chi connectivity index (χ1) is 15.6. The van der Waals surface area contributed by atoms with Gasteiger partial charge in [0.1, 0.15) is 17.9 Å². The summed E-state index contributed by atoms with van der Waals surface area (Å²) in [7, 11) is 3.19. The molecule has 1 fully saturated rings. The van der Waals surface area contributed by atoms with Crippen molar-refractivity contribution in [3.63, 3.8) is 0 Å². The van der Waals surface area contributed by atoms with Crippen LogP contribution in [-0.4, -0.2) is 60.7 Å². The number of amides is 1. The van der Waals surface area contributed by atoms with Crippen molar-refractivity contribution >= 4 is 11.7 Å². The predicted octanol–water partition coefficient (Wildman–Crippen LogP) is 3.64. The number of hydrogen-bond acceptors (Lipinski definition) is 7. The Bertz CT molecular complexity index is 1090. The van der Waals surface area contributed by atoms with Crippen molar-refractivity contribution in [3.05, 3.63) is 66.5 Å². The van der Waals surface area contributed by atoms with Gasteiger partial charge in [-0.05, 0) is 37.3 Å². The van der Waals surface area contributed by atoms with Crippen LogP contribution in [0, 0.1) is 0 Å². The average Bonchev–Trinajstić information content (AvgIpc) is 2.84. The molecule has 1 aromatic heterocycles. The summed E-state index contributed by atoms with van der Waals surface area (Å²) >= 11 is 0. The molecule has 0 bridgehead atoms. The second-order valence-electron chi connectivity index (χ2n) is 7.49. The van der Waals surface area contributed by atoms with Crippen LogP contribution in [0.3, 0.4) is 0 Å². The zero-order valence-electron chi connectivity index (χ0n) is 18.4. The first kappa shape index (κ1) is 21.4. The molecule has 1 aliphatic heterocycles. The van der Waals surface area contributed by atoms with E-state index in [4.69, 9.17) is 14.2 Å². The minimum absolute atomic E-state index is 0.000988. The summed E-state index contributed by atoms with van der Waals surface area (Å²) in [5, 5.41) is 0. The number of para-hydroxylation sites is 2. The summed E-state index contributed by atoms with van der Waals surface area (Å²) in [6.45, 7) is 3.94. The second kappa shape index (κ2) is 9.55. The molecule has 2 heterocycles. The molecule has 4 rings (SSSR count). The monoisotopic (exact) mass is 434 g/mol. The van der Waals surface area contributed by atoms with Crippen LogP contribution in [0.15, 0.2) is 60.9 Å². The standard InChI is InChI=1S/C24H26N4O4/c1-17-15-27(11-12-28(17)24(29)18-7-6-8-19(13-18)30-2)22-14-23(26-16-25-22)32-21-10-5-4-9-20(21)31-3/h4-10,13-14,16-17H,11-12,15H2,1-3H3. The maximum absolute atomic E-state index is 13.0. The molecule has 1 atom stereocenters. The normalized spacial score (nSPS) is 15.9. The van der Waals surface area contributed by atoms with Gasteiger partial charge in [-0.1, -0.05) is 18.2 Å². The van der Waals surface area contributed by atoms with Gasteiger partial charge in [-0.3, -0.25) is 4.79 Å². The maximum Gasteiger partial charge on any atom is 0.254 e. The highest BCUT2D eigenvalue weighted by Crippen LogP contribution is 2.31. The zero-order chi connectivity index (χ0) is 22.5. The van der Waals surface area contributed by atoms with Gasteiger partial charge in [0.05, 0.1) is 14.2 Å². The Morgan fingerprint density at radius 1 is 0.969 bits per heavy atom. The molecule has 1 saturated heterocycles. The van der Waals surface area contributed by atoms with E-state index >= 15 is 0 Å². The first-order valence-electron chi connectivity index (χ1n) is 10.4. The number of benzene rings is 2. The Labute approximate surface area is 187 Å². The molecule has 0 saturated carbocycles. The van der Waals surface area contributed by atoms with Gasteiger partial charge in [0, 0.05) is 37.3 Å². The number of carbonyl (C=O) groups is 1. The molecule has 0 spiro atoms. The largest absolute Gasteiger partial charge is 0.497 e. The van der Waals surface area contributed by atoms with Crippen molar-refractivity contribution in [2.45, 2.75) is 13.0 Å². The zero-order valence-corrected chi connectivity index (χ0v) is 18.4. The Hall–Kier alpha value is -3.81. The van der Waals surface area contributed by atoms with Crippen LogP contribution in [0.25, 0.3) is 0 Å². The lowest BCUT2D eigenvalue weighted by Crippen LogP contribution is -2.54. The van der Waals surface area contributed by atoms with Gasteiger partial charge >= 0.3 is 0 Å². The van der Waals surface area contributed by atoms with Crippen LogP contribution in [0.2, 0.25) is 0 Å². The lowest BCUT2D eigenvalue weighted by molar-refractivity contribution is 0.0673. The van der Waals surface area contributed by atoms with E-state index in [2.05, 4.69) is 14.9 Å². The molecule has 3 aromatic rings. The highest BCUT2D eigenvalue weighted by atomic mass is 16.5. The summed E-state index contributed by atoms with van der Waals surface area (Å²) in [4.78, 5) is 25.7. The number of rotatable bonds is 6. The average molecular weight is 434 g/mol. The fourth-order valence-corrected chi connectivity index (χ4v) is 3.76. The van der Waals surface area contributed by atoms with Gasteiger partial charge in [-0.15, -0.1) is 0 Å². The molecular formula is C24H26N4O4. The number of hydrogen-bond donors (Lipinski definition) is 0. The molecule has 2 aromatic carbocycles. The van der Waals surface area contributed by atoms with Crippen molar-refractivity contribution in [2.75, 3.05) is 38.8 Å². The van der Waals surface area contributed by atoms with E-state index in [1.54, 1.807) is 26.4 Å². The number of methoxy groups -OCH3 is 2. The van der Waals surface area contributed by atoms with Gasteiger partial charge in [0.15, 0.2) is 11.5 Å². The van der Waals surface area contributed by atoms with Gasteiger partial charge in [0.25, 0.3) is 5.91 Å². The summed E-state index contributed by atoms with van der Waals surface area (Å²) in [6.07, 6.45) is 1.48. The van der Waals surface area contributed by atoms with Crippen LogP contribution >= 0.6 is 0 Å². The Balaban J connectivity index is 1.45. The van der Waals surface area contributed by atoms with Crippen molar-refractivity contribution in [3.8, 4) is 23.1 Å². The van der Waals surface area contributed by atoms with Crippen molar-refractivity contribution in [1.29, 1.82) is 0 Å². The number of carbonyl (C=O) groups excluding carboxylic acids is 1. The summed E-state index contributed by atoms with van der Waals surface area (Å²) in [5.41, 5.74) is 0.624. The molecule has 8 nitrogen and oxygen atoms in total. The number of ether oxygens (including phenoxy) is 3. The molecule has 1 amide bonds. The lowest BCUT2D eigenvalue weighted by Gasteiger charge is -2.40. The van der Waals surface area contributed by atoms with Gasteiger partial charge < -0.3 is 24.0 Å². The van der Waals surface area contributed by atoms with Gasteiger partial charge in [-0.2, -0.15) is 0 Å². The molecule has 0 radical (unpaired) electrons. The number of nitrogens with zero attached hydrogens (tertiary/aromatic N) is 4. The summed E-state index contributed by atoms with van der Waals surface area (Å²) in [6, 6.07) is 16.5. The third-order valence-corrected chi connectivity index (χ3v) is 5.44. The Morgan fingerprint density at radius 2 is 1.78 bits per heavy atom. The fourth-order valence-electron chi connectivity index (χ4n) is 3.76. The van der Waals surface area contributed by atoms with Crippen LogP contribution in [0.1, 0.15) is 17.3 Å².